The van der Waals surface area contributed by atoms with Crippen molar-refractivity contribution in [1.82, 2.24) is 15.3 Å². The summed E-state index contributed by atoms with van der Waals surface area (Å²) >= 11 is 1.44. The zero-order valence-electron chi connectivity index (χ0n) is 12.6. The predicted molar refractivity (Wildman–Crippen MR) is 79.6 cm³/mol. The number of carbonyl (C=O) groups excluding carboxylic acids is 2. The van der Waals surface area contributed by atoms with E-state index in [9.17, 15) is 19.5 Å². The van der Waals surface area contributed by atoms with Crippen molar-refractivity contribution in [3.63, 3.8) is 0 Å². The fourth-order valence-electron chi connectivity index (χ4n) is 2.89. The number of rotatable bonds is 7. The smallest absolute Gasteiger partial charge is 0.327 e. The molecule has 2 amide bonds. The van der Waals surface area contributed by atoms with Gasteiger partial charge in [-0.3, -0.25) is 15.0 Å². The zero-order chi connectivity index (χ0) is 16.4. The van der Waals surface area contributed by atoms with Crippen LogP contribution in [0, 0.1) is 11.8 Å². The normalized spacial score (nSPS) is 28.3. The average Bonchev–Trinajstić information content (AvgIpc) is 2.86. The Labute approximate surface area is 132 Å². The minimum absolute atomic E-state index is 0.137. The van der Waals surface area contributed by atoms with Gasteiger partial charge in [-0.15, -0.1) is 11.8 Å². The third kappa shape index (κ3) is 3.06. The molecule has 2 heterocycles. The fraction of sp³-hybridized carbons (Fsp3) is 0.769. The van der Waals surface area contributed by atoms with Gasteiger partial charge >= 0.3 is 5.97 Å². The van der Waals surface area contributed by atoms with Crippen molar-refractivity contribution >= 4 is 29.5 Å². The van der Waals surface area contributed by atoms with E-state index >= 15 is 0 Å². The van der Waals surface area contributed by atoms with Crippen LogP contribution in [-0.4, -0.2) is 75.3 Å². The summed E-state index contributed by atoms with van der Waals surface area (Å²) in [5.41, 5.74) is 2.66. The maximum absolute atomic E-state index is 12.3. The van der Waals surface area contributed by atoms with Crippen molar-refractivity contribution in [1.29, 1.82) is 0 Å². The van der Waals surface area contributed by atoms with E-state index in [1.54, 1.807) is 19.0 Å². The van der Waals surface area contributed by atoms with E-state index in [4.69, 9.17) is 5.11 Å². The lowest BCUT2D eigenvalue weighted by atomic mass is 9.83. The number of hydrogen-bond acceptors (Lipinski definition) is 6. The lowest BCUT2D eigenvalue weighted by Gasteiger charge is -2.47. The fourth-order valence-corrected chi connectivity index (χ4v) is 4.53. The van der Waals surface area contributed by atoms with Crippen molar-refractivity contribution in [2.24, 2.45) is 11.8 Å². The topological polar surface area (TPSA) is 110 Å². The van der Waals surface area contributed by atoms with Crippen LogP contribution in [0.2, 0.25) is 0 Å². The van der Waals surface area contributed by atoms with Gasteiger partial charge in [0, 0.05) is 38.3 Å². The Hall–Kier alpha value is -1.32. The molecule has 0 saturated carbocycles. The van der Waals surface area contributed by atoms with Gasteiger partial charge in [-0.05, 0) is 0 Å². The molecule has 0 aromatic rings. The van der Waals surface area contributed by atoms with Gasteiger partial charge in [-0.2, -0.15) is 0 Å². The molecule has 0 radical (unpaired) electrons. The van der Waals surface area contributed by atoms with E-state index in [0.29, 0.717) is 18.7 Å². The van der Waals surface area contributed by atoms with E-state index in [0.717, 1.165) is 0 Å². The Kier molecular flexibility index (Phi) is 5.30. The summed E-state index contributed by atoms with van der Waals surface area (Å²) in [5.74, 6) is -1.72. The molecule has 0 aromatic carbocycles. The molecule has 8 nitrogen and oxygen atoms in total. The van der Waals surface area contributed by atoms with Crippen LogP contribution in [0.25, 0.3) is 0 Å². The van der Waals surface area contributed by atoms with Crippen LogP contribution in [0.15, 0.2) is 0 Å². The molecule has 2 fully saturated rings. The minimum atomic E-state index is -0.991. The van der Waals surface area contributed by atoms with Crippen molar-refractivity contribution in [3.8, 4) is 0 Å². The maximum atomic E-state index is 12.3. The lowest BCUT2D eigenvalue weighted by Crippen LogP contribution is -2.64. The average molecular weight is 331 g/mol. The summed E-state index contributed by atoms with van der Waals surface area (Å²) in [6, 6.07) is -0.768. The largest absolute Gasteiger partial charge is 0.480 e. The molecule has 124 valence electrons. The third-order valence-electron chi connectivity index (χ3n) is 4.05. The number of carboxylic acid groups (broad SMARTS) is 1. The first-order valence-electron chi connectivity index (χ1n) is 7.18. The number of nitrogens with zero attached hydrogens (tertiary/aromatic N) is 2. The van der Waals surface area contributed by atoms with Crippen LogP contribution in [0.1, 0.15) is 13.3 Å². The van der Waals surface area contributed by atoms with Gasteiger partial charge in [0.05, 0.1) is 11.3 Å². The number of hydrazine groups is 1. The van der Waals surface area contributed by atoms with Gasteiger partial charge in [0.15, 0.2) is 0 Å². The zero-order valence-corrected chi connectivity index (χ0v) is 13.4. The molecule has 2 aliphatic rings. The van der Waals surface area contributed by atoms with Crippen molar-refractivity contribution < 1.29 is 24.6 Å². The molecule has 9 heteroatoms. The molecule has 2 aliphatic heterocycles. The quantitative estimate of drug-likeness (QED) is 0.403. The van der Waals surface area contributed by atoms with Crippen LogP contribution < -0.4 is 5.43 Å². The number of aliphatic hydroxyl groups excluding tert-OH is 1. The Morgan fingerprint density at radius 1 is 1.55 bits per heavy atom. The Bertz CT molecular complexity index is 475. The molecule has 22 heavy (non-hydrogen) atoms. The van der Waals surface area contributed by atoms with E-state index in [1.807, 2.05) is 0 Å². The highest BCUT2D eigenvalue weighted by atomic mass is 32.2. The number of hydrogen-bond donors (Lipinski definition) is 3. The predicted octanol–water partition coefficient (Wildman–Crippen LogP) is -1.05. The Morgan fingerprint density at radius 2 is 2.23 bits per heavy atom. The summed E-state index contributed by atoms with van der Waals surface area (Å²) in [4.78, 5) is 36.1. The standard InChI is InChI=1S/C13H21N3O5S/c1-3-9(18)14-15(2)4-7(5-17)10-11(19)16-8(13(20)21)6-22-12(10)16/h7-8,10,12,17H,3-6H2,1-2H3,(H,14,18)(H,20,21)/t7?,8?,10-,12?/m0/s1. The number of aliphatic carboxylic acids is 1. The lowest BCUT2D eigenvalue weighted by molar-refractivity contribution is -0.165. The van der Waals surface area contributed by atoms with E-state index in [2.05, 4.69) is 5.43 Å². The second-order valence-corrected chi connectivity index (χ2v) is 6.71. The van der Waals surface area contributed by atoms with Gasteiger partial charge < -0.3 is 15.1 Å². The third-order valence-corrected chi connectivity index (χ3v) is 5.42. The monoisotopic (exact) mass is 331 g/mol. The summed E-state index contributed by atoms with van der Waals surface area (Å²) < 4.78 is 0. The number of aliphatic hydroxyl groups is 1. The Morgan fingerprint density at radius 3 is 2.77 bits per heavy atom. The van der Waals surface area contributed by atoms with Gasteiger partial charge in [-0.25, -0.2) is 9.80 Å². The molecule has 0 spiro atoms. The van der Waals surface area contributed by atoms with Crippen molar-refractivity contribution in [2.75, 3.05) is 26.0 Å². The second kappa shape index (κ2) is 6.84. The van der Waals surface area contributed by atoms with Gasteiger partial charge in [0.25, 0.3) is 0 Å². The summed E-state index contributed by atoms with van der Waals surface area (Å²) in [5, 5.41) is 20.0. The first kappa shape index (κ1) is 17.0. The molecular weight excluding hydrogens is 310 g/mol. The van der Waals surface area contributed by atoms with E-state index in [1.165, 1.54) is 16.7 Å². The first-order valence-corrected chi connectivity index (χ1v) is 8.23. The van der Waals surface area contributed by atoms with Gasteiger partial charge in [-0.1, -0.05) is 6.92 Å². The first-order chi connectivity index (χ1) is 10.4. The number of β-lactam (4-membered cyclic amide) rings is 1. The van der Waals surface area contributed by atoms with E-state index < -0.39 is 17.9 Å². The molecule has 3 unspecified atom stereocenters. The number of thioether (sulfide) groups is 1. The molecular formula is C13H21N3O5S. The number of nitrogens with one attached hydrogen (secondary N) is 1. The molecule has 3 N–H and O–H groups in total. The second-order valence-electron chi connectivity index (χ2n) is 5.56. The van der Waals surface area contributed by atoms with Crippen LogP contribution in [0.5, 0.6) is 0 Å². The van der Waals surface area contributed by atoms with Crippen LogP contribution in [-0.2, 0) is 14.4 Å². The molecule has 4 atom stereocenters. The number of carbonyl (C=O) groups is 3. The number of carboxylic acids is 1. The van der Waals surface area contributed by atoms with Crippen LogP contribution in [0.4, 0.5) is 0 Å². The van der Waals surface area contributed by atoms with Gasteiger partial charge in [0.1, 0.15) is 6.04 Å². The molecule has 0 bridgehead atoms. The van der Waals surface area contributed by atoms with E-state index in [-0.39, 0.29) is 29.7 Å². The molecule has 2 rings (SSSR count). The SMILES string of the molecule is CCC(=O)NN(C)CC(CO)[C@H]1C(=O)N2C(C(=O)O)CSC12. The Balaban J connectivity index is 1.97. The molecule has 0 aliphatic carbocycles. The number of amides is 2. The minimum Gasteiger partial charge on any atom is -0.480 e. The maximum Gasteiger partial charge on any atom is 0.327 e. The van der Waals surface area contributed by atoms with Crippen molar-refractivity contribution in [2.45, 2.75) is 24.8 Å². The van der Waals surface area contributed by atoms with Crippen molar-refractivity contribution in [3.05, 3.63) is 0 Å². The highest BCUT2D eigenvalue weighted by Crippen LogP contribution is 2.46. The highest BCUT2D eigenvalue weighted by molar-refractivity contribution is 8.00. The highest BCUT2D eigenvalue weighted by Gasteiger charge is 2.58. The molecule has 0 aromatic heterocycles. The van der Waals surface area contributed by atoms with Gasteiger partial charge in [0.2, 0.25) is 11.8 Å². The summed E-state index contributed by atoms with van der Waals surface area (Å²) in [6.45, 7) is 1.88. The summed E-state index contributed by atoms with van der Waals surface area (Å²) in [7, 11) is 1.68. The van der Waals surface area contributed by atoms with Crippen LogP contribution >= 0.6 is 11.8 Å². The summed E-state index contributed by atoms with van der Waals surface area (Å²) in [6.07, 6.45) is 0.350. The number of fused-ring (bicyclic) bond motifs is 1. The molecule has 2 saturated heterocycles. The van der Waals surface area contributed by atoms with Crippen LogP contribution in [0.3, 0.4) is 0 Å².